The second kappa shape index (κ2) is 3.16. The zero-order valence-corrected chi connectivity index (χ0v) is 3.28. The van der Waals surface area contributed by atoms with Crippen LogP contribution >= 0.6 is 0 Å². The van der Waals surface area contributed by atoms with Crippen LogP contribution in [0.3, 0.4) is 0 Å². The van der Waals surface area contributed by atoms with Crippen LogP contribution in [0.2, 0.25) is 0 Å². The van der Waals surface area contributed by atoms with E-state index in [4.69, 9.17) is 0 Å². The topological polar surface area (TPSA) is 14.1 Å². The number of hydrogen-bond donors (Lipinski definition) is 0. The Hall–Kier alpha value is -0.0400. The van der Waals surface area contributed by atoms with E-state index in [1.54, 1.807) is 0 Å². The molecule has 37 valence electrons. The summed E-state index contributed by atoms with van der Waals surface area (Å²) in [5, 5.41) is 4.08. The minimum atomic E-state index is 0. The van der Waals surface area contributed by atoms with Crippen molar-refractivity contribution in [3.05, 3.63) is 0 Å². The van der Waals surface area contributed by atoms with Gasteiger partial charge in [0.05, 0.1) is 0 Å². The zero-order valence-electron chi connectivity index (χ0n) is 3.28. The van der Waals surface area contributed by atoms with E-state index < -0.39 is 0 Å². The van der Waals surface area contributed by atoms with Crippen molar-refractivity contribution >= 4 is 0 Å². The van der Waals surface area contributed by atoms with Crippen molar-refractivity contribution in [1.29, 1.82) is 0 Å². The van der Waals surface area contributed by atoms with Crippen LogP contribution in [0, 0.1) is 0 Å². The first-order valence-electron chi connectivity index (χ1n) is 2.13. The van der Waals surface area contributed by atoms with E-state index in [0.717, 1.165) is 13.1 Å². The highest BCUT2D eigenvalue weighted by Crippen LogP contribution is 1.92. The molecule has 1 radical (unpaired) electrons. The molecule has 0 aromatic carbocycles. The fourth-order valence-electron chi connectivity index (χ4n) is 0.559. The minimum Gasteiger partial charge on any atom is -0.242 e. The van der Waals surface area contributed by atoms with E-state index in [1.807, 2.05) is 0 Å². The van der Waals surface area contributed by atoms with Gasteiger partial charge in [-0.3, -0.25) is 0 Å². The van der Waals surface area contributed by atoms with Crippen LogP contribution in [0.4, 0.5) is 0 Å². The second-order valence-electron chi connectivity index (χ2n) is 1.38. The third-order valence-corrected chi connectivity index (χ3v) is 0.882. The Morgan fingerprint density at radius 2 is 1.50 bits per heavy atom. The van der Waals surface area contributed by atoms with Gasteiger partial charge in [0.1, 0.15) is 0 Å². The lowest BCUT2D eigenvalue weighted by molar-refractivity contribution is 0.837. The molecule has 6 heavy (non-hydrogen) atoms. The van der Waals surface area contributed by atoms with Crippen molar-refractivity contribution in [2.75, 3.05) is 13.1 Å². The first kappa shape index (κ1) is 5.96. The van der Waals surface area contributed by atoms with Crippen LogP contribution in [-0.2, 0) is 0 Å². The predicted molar refractivity (Wildman–Crippen MR) is 27.8 cm³/mol. The van der Waals surface area contributed by atoms with E-state index in [0.29, 0.717) is 0 Å². The van der Waals surface area contributed by atoms with Crippen LogP contribution < -0.4 is 5.32 Å². The summed E-state index contributed by atoms with van der Waals surface area (Å²) in [6.07, 6.45) is 2.67. The normalized spacial score (nSPS) is 20.0. The molecular formula is C5H12N. The lowest BCUT2D eigenvalue weighted by Gasteiger charge is -1.72. The van der Waals surface area contributed by atoms with E-state index in [2.05, 4.69) is 5.32 Å². The largest absolute Gasteiger partial charge is 0.242 e. The molecule has 0 unspecified atom stereocenters. The van der Waals surface area contributed by atoms with Gasteiger partial charge in [-0.1, -0.05) is 7.43 Å². The highest BCUT2D eigenvalue weighted by Gasteiger charge is 1.95. The molecule has 1 heteroatoms. The number of rotatable bonds is 0. The van der Waals surface area contributed by atoms with Crippen LogP contribution in [0.25, 0.3) is 0 Å². The molecule has 1 saturated heterocycles. The van der Waals surface area contributed by atoms with Crippen LogP contribution in [0.15, 0.2) is 0 Å². The lowest BCUT2D eigenvalue weighted by atomic mass is 10.4. The van der Waals surface area contributed by atoms with Gasteiger partial charge in [0.2, 0.25) is 0 Å². The standard InChI is InChI=1S/C4H8N.CH4/c1-2-4-5-3-1;/h1-4H2;1H4. The molecular weight excluding hydrogens is 74.1 g/mol. The lowest BCUT2D eigenvalue weighted by Crippen LogP contribution is -1.92. The van der Waals surface area contributed by atoms with Gasteiger partial charge >= 0.3 is 0 Å². The number of nitrogens with zero attached hydrogens (tertiary/aromatic N) is 1. The van der Waals surface area contributed by atoms with Crippen LogP contribution in [0.1, 0.15) is 20.3 Å². The molecule has 0 spiro atoms. The molecule has 1 heterocycles. The van der Waals surface area contributed by atoms with E-state index in [9.17, 15) is 0 Å². The quantitative estimate of drug-likeness (QED) is 0.418. The summed E-state index contributed by atoms with van der Waals surface area (Å²) in [6.45, 7) is 2.25. The molecule has 0 amide bonds. The fraction of sp³-hybridized carbons (Fsp3) is 1.00. The summed E-state index contributed by atoms with van der Waals surface area (Å²) >= 11 is 0. The third kappa shape index (κ3) is 1.41. The van der Waals surface area contributed by atoms with E-state index in [-0.39, 0.29) is 7.43 Å². The van der Waals surface area contributed by atoms with Gasteiger partial charge in [0, 0.05) is 13.1 Å². The van der Waals surface area contributed by atoms with Gasteiger partial charge in [-0.2, -0.15) is 0 Å². The Balaban J connectivity index is 0.000000250. The molecule has 0 atom stereocenters. The Bertz CT molecular complexity index is 15.5. The summed E-state index contributed by atoms with van der Waals surface area (Å²) < 4.78 is 0. The zero-order chi connectivity index (χ0) is 3.54. The molecule has 0 bridgehead atoms. The van der Waals surface area contributed by atoms with Gasteiger partial charge < -0.3 is 0 Å². The molecule has 0 N–H and O–H groups in total. The van der Waals surface area contributed by atoms with Crippen molar-refractivity contribution in [1.82, 2.24) is 5.32 Å². The summed E-state index contributed by atoms with van der Waals surface area (Å²) in [5.41, 5.74) is 0. The van der Waals surface area contributed by atoms with E-state index >= 15 is 0 Å². The van der Waals surface area contributed by atoms with E-state index in [1.165, 1.54) is 12.8 Å². The minimum absolute atomic E-state index is 0. The second-order valence-corrected chi connectivity index (χ2v) is 1.38. The highest BCUT2D eigenvalue weighted by atomic mass is 14.9. The predicted octanol–water partition coefficient (Wildman–Crippen LogP) is 1.02. The maximum atomic E-state index is 4.08. The average molecular weight is 86.2 g/mol. The summed E-state index contributed by atoms with van der Waals surface area (Å²) in [6, 6.07) is 0. The van der Waals surface area contributed by atoms with Crippen molar-refractivity contribution in [2.24, 2.45) is 0 Å². The third-order valence-electron chi connectivity index (χ3n) is 0.882. The summed E-state index contributed by atoms with van der Waals surface area (Å²) in [5.74, 6) is 0. The monoisotopic (exact) mass is 86.1 g/mol. The van der Waals surface area contributed by atoms with Crippen LogP contribution in [0.5, 0.6) is 0 Å². The molecule has 1 aliphatic rings. The van der Waals surface area contributed by atoms with Crippen molar-refractivity contribution in [3.63, 3.8) is 0 Å². The van der Waals surface area contributed by atoms with Gasteiger partial charge in [-0.25, -0.2) is 5.32 Å². The molecule has 0 aromatic rings. The SMILES string of the molecule is C.C1CC[N]C1. The highest BCUT2D eigenvalue weighted by molar-refractivity contribution is 4.55. The Labute approximate surface area is 39.7 Å². The first-order valence-corrected chi connectivity index (χ1v) is 2.13. The van der Waals surface area contributed by atoms with Gasteiger partial charge in [-0.15, -0.1) is 0 Å². The molecule has 0 aromatic heterocycles. The Kier molecular flexibility index (Phi) is 3.14. The molecule has 1 aliphatic heterocycles. The van der Waals surface area contributed by atoms with Crippen molar-refractivity contribution in [2.45, 2.75) is 20.3 Å². The van der Waals surface area contributed by atoms with Gasteiger partial charge in [0.25, 0.3) is 0 Å². The molecule has 1 fully saturated rings. The maximum Gasteiger partial charge on any atom is 0.0133 e. The van der Waals surface area contributed by atoms with Crippen molar-refractivity contribution in [3.8, 4) is 0 Å². The average Bonchev–Trinajstić information content (AvgIpc) is 1.76. The van der Waals surface area contributed by atoms with Crippen LogP contribution in [-0.4, -0.2) is 13.1 Å². The smallest absolute Gasteiger partial charge is 0.0133 e. The molecule has 1 rings (SSSR count). The molecule has 0 aliphatic carbocycles. The Morgan fingerprint density at radius 3 is 1.67 bits per heavy atom. The summed E-state index contributed by atoms with van der Waals surface area (Å²) in [4.78, 5) is 0. The molecule has 1 nitrogen and oxygen atoms in total. The first-order chi connectivity index (χ1) is 2.50. The van der Waals surface area contributed by atoms with Gasteiger partial charge in [-0.05, 0) is 12.8 Å². The van der Waals surface area contributed by atoms with Gasteiger partial charge in [0.15, 0.2) is 0 Å². The Morgan fingerprint density at radius 1 is 1.00 bits per heavy atom. The fourth-order valence-corrected chi connectivity index (χ4v) is 0.559. The molecule has 0 saturated carbocycles. The maximum absolute atomic E-state index is 4.08. The summed E-state index contributed by atoms with van der Waals surface area (Å²) in [7, 11) is 0. The number of hydrogen-bond acceptors (Lipinski definition) is 0. The van der Waals surface area contributed by atoms with Crippen molar-refractivity contribution < 1.29 is 0 Å².